The van der Waals surface area contributed by atoms with Crippen molar-refractivity contribution in [3.05, 3.63) is 78.6 Å². The Labute approximate surface area is 158 Å². The van der Waals surface area contributed by atoms with Gasteiger partial charge in [0.2, 0.25) is 0 Å². The molecule has 0 saturated heterocycles. The molecule has 5 heteroatoms. The quantitative estimate of drug-likeness (QED) is 0.686. The Balaban J connectivity index is 1.45. The minimum absolute atomic E-state index is 0.158. The number of hydrogen-bond acceptors (Lipinski definition) is 3. The van der Waals surface area contributed by atoms with E-state index in [2.05, 4.69) is 17.2 Å². The minimum atomic E-state index is -0.158. The van der Waals surface area contributed by atoms with Crippen molar-refractivity contribution in [3.8, 4) is 29.0 Å². The molecular weight excluding hydrogens is 340 g/mol. The molecular formula is C22H20N2O3. The molecule has 5 nitrogen and oxygen atoms in total. The van der Waals surface area contributed by atoms with Gasteiger partial charge in [0.15, 0.2) is 11.5 Å². The van der Waals surface area contributed by atoms with E-state index in [0.29, 0.717) is 17.1 Å². The molecule has 0 fully saturated rings. The van der Waals surface area contributed by atoms with Gasteiger partial charge in [0.1, 0.15) is 6.61 Å². The van der Waals surface area contributed by atoms with E-state index in [1.165, 1.54) is 0 Å². The average molecular weight is 360 g/mol. The fourth-order valence-corrected chi connectivity index (χ4v) is 2.48. The number of methoxy groups -OCH3 is 1. The SMILES string of the molecule is COc1ccccc1OCC#CCNC(=O)c1ccc(-n2cccc2)cc1. The number of nitrogens with zero attached hydrogens (tertiary/aromatic N) is 1. The summed E-state index contributed by atoms with van der Waals surface area (Å²) in [5.41, 5.74) is 1.60. The van der Waals surface area contributed by atoms with Crippen LogP contribution in [0.4, 0.5) is 0 Å². The van der Waals surface area contributed by atoms with Gasteiger partial charge in [-0.1, -0.05) is 24.0 Å². The van der Waals surface area contributed by atoms with E-state index in [9.17, 15) is 4.79 Å². The number of ether oxygens (including phenoxy) is 2. The van der Waals surface area contributed by atoms with Crippen LogP contribution in [-0.4, -0.2) is 30.7 Å². The maximum absolute atomic E-state index is 12.1. The predicted molar refractivity (Wildman–Crippen MR) is 104 cm³/mol. The van der Waals surface area contributed by atoms with Gasteiger partial charge in [0.25, 0.3) is 5.91 Å². The first-order valence-corrected chi connectivity index (χ1v) is 8.51. The molecule has 1 amide bonds. The molecule has 0 radical (unpaired) electrons. The summed E-state index contributed by atoms with van der Waals surface area (Å²) in [7, 11) is 1.59. The normalized spacial score (nSPS) is 9.81. The summed E-state index contributed by atoms with van der Waals surface area (Å²) in [4.78, 5) is 12.1. The Bertz CT molecular complexity index is 936. The number of benzene rings is 2. The molecule has 27 heavy (non-hydrogen) atoms. The molecule has 1 heterocycles. The summed E-state index contributed by atoms with van der Waals surface area (Å²) in [6, 6.07) is 18.7. The van der Waals surface area contributed by atoms with Crippen LogP contribution in [-0.2, 0) is 0 Å². The number of nitrogens with one attached hydrogen (secondary N) is 1. The lowest BCUT2D eigenvalue weighted by Gasteiger charge is -2.07. The van der Waals surface area contributed by atoms with Crippen LogP contribution in [0, 0.1) is 11.8 Å². The first-order chi connectivity index (χ1) is 13.3. The third kappa shape index (κ3) is 4.93. The van der Waals surface area contributed by atoms with E-state index in [1.807, 2.05) is 65.5 Å². The summed E-state index contributed by atoms with van der Waals surface area (Å²) >= 11 is 0. The lowest BCUT2D eigenvalue weighted by atomic mass is 10.2. The van der Waals surface area contributed by atoms with Crippen LogP contribution in [0.25, 0.3) is 5.69 Å². The zero-order valence-corrected chi connectivity index (χ0v) is 15.0. The molecule has 1 aromatic heterocycles. The van der Waals surface area contributed by atoms with E-state index in [0.717, 1.165) is 5.69 Å². The van der Waals surface area contributed by atoms with Gasteiger partial charge in [-0.05, 0) is 48.5 Å². The van der Waals surface area contributed by atoms with Crippen LogP contribution >= 0.6 is 0 Å². The van der Waals surface area contributed by atoms with E-state index < -0.39 is 0 Å². The van der Waals surface area contributed by atoms with Gasteiger partial charge < -0.3 is 19.4 Å². The highest BCUT2D eigenvalue weighted by atomic mass is 16.5. The number of hydrogen-bond donors (Lipinski definition) is 1. The van der Waals surface area contributed by atoms with Crippen molar-refractivity contribution < 1.29 is 14.3 Å². The van der Waals surface area contributed by atoms with Crippen molar-refractivity contribution in [2.45, 2.75) is 0 Å². The number of para-hydroxylation sites is 2. The summed E-state index contributed by atoms with van der Waals surface area (Å²) in [6.45, 7) is 0.481. The van der Waals surface area contributed by atoms with Gasteiger partial charge in [0, 0.05) is 23.6 Å². The molecule has 0 atom stereocenters. The number of aromatic nitrogens is 1. The van der Waals surface area contributed by atoms with Gasteiger partial charge in [-0.15, -0.1) is 0 Å². The minimum Gasteiger partial charge on any atom is -0.493 e. The number of carbonyl (C=O) groups is 1. The fraction of sp³-hybridized carbons (Fsp3) is 0.136. The third-order valence-electron chi connectivity index (χ3n) is 3.86. The molecule has 0 unspecified atom stereocenters. The fourth-order valence-electron chi connectivity index (χ4n) is 2.48. The molecule has 0 aliphatic heterocycles. The highest BCUT2D eigenvalue weighted by Gasteiger charge is 2.04. The molecule has 0 saturated carbocycles. The van der Waals surface area contributed by atoms with Crippen LogP contribution in [0.15, 0.2) is 73.1 Å². The van der Waals surface area contributed by atoms with Crippen molar-refractivity contribution in [1.82, 2.24) is 9.88 Å². The number of carbonyl (C=O) groups excluding carboxylic acids is 1. The van der Waals surface area contributed by atoms with Gasteiger partial charge in [-0.3, -0.25) is 4.79 Å². The number of amides is 1. The summed E-state index contributed by atoms with van der Waals surface area (Å²) < 4.78 is 12.7. The van der Waals surface area contributed by atoms with Crippen LogP contribution in [0.2, 0.25) is 0 Å². The molecule has 0 aliphatic carbocycles. The van der Waals surface area contributed by atoms with Crippen LogP contribution in [0.1, 0.15) is 10.4 Å². The molecule has 2 aromatic carbocycles. The van der Waals surface area contributed by atoms with Crippen LogP contribution in [0.3, 0.4) is 0 Å². The largest absolute Gasteiger partial charge is 0.493 e. The van der Waals surface area contributed by atoms with E-state index >= 15 is 0 Å². The highest BCUT2D eigenvalue weighted by molar-refractivity contribution is 5.94. The number of rotatable bonds is 6. The summed E-state index contributed by atoms with van der Waals surface area (Å²) in [5.74, 6) is 6.89. The lowest BCUT2D eigenvalue weighted by molar-refractivity contribution is 0.0958. The van der Waals surface area contributed by atoms with E-state index in [1.54, 1.807) is 19.2 Å². The second-order valence-corrected chi connectivity index (χ2v) is 5.61. The Morgan fingerprint density at radius 2 is 1.67 bits per heavy atom. The second kappa shape index (κ2) is 9.16. The summed E-state index contributed by atoms with van der Waals surface area (Å²) in [6.07, 6.45) is 3.91. The van der Waals surface area contributed by atoms with Gasteiger partial charge in [-0.25, -0.2) is 0 Å². The van der Waals surface area contributed by atoms with Crippen molar-refractivity contribution in [2.24, 2.45) is 0 Å². The van der Waals surface area contributed by atoms with Crippen molar-refractivity contribution in [3.63, 3.8) is 0 Å². The van der Waals surface area contributed by atoms with Crippen molar-refractivity contribution in [1.29, 1.82) is 0 Å². The third-order valence-corrected chi connectivity index (χ3v) is 3.86. The molecule has 1 N–H and O–H groups in total. The lowest BCUT2D eigenvalue weighted by Crippen LogP contribution is -2.23. The molecule has 0 bridgehead atoms. The average Bonchev–Trinajstić information content (AvgIpc) is 3.25. The van der Waals surface area contributed by atoms with Gasteiger partial charge in [0.05, 0.1) is 13.7 Å². The molecule has 0 aliphatic rings. The van der Waals surface area contributed by atoms with E-state index in [-0.39, 0.29) is 19.1 Å². The zero-order valence-electron chi connectivity index (χ0n) is 15.0. The standard InChI is InChI=1S/C22H20N2O3/c1-26-20-8-2-3-9-21(20)27-17-7-4-14-23-22(25)18-10-12-19(13-11-18)24-15-5-6-16-24/h2-3,5-6,8-13,15-16H,14,17H2,1H3,(H,23,25). The van der Waals surface area contributed by atoms with Crippen molar-refractivity contribution in [2.75, 3.05) is 20.3 Å². The first-order valence-electron chi connectivity index (χ1n) is 8.51. The predicted octanol–water partition coefficient (Wildman–Crippen LogP) is 3.30. The second-order valence-electron chi connectivity index (χ2n) is 5.61. The summed E-state index contributed by atoms with van der Waals surface area (Å²) in [5, 5.41) is 2.77. The smallest absolute Gasteiger partial charge is 0.252 e. The topological polar surface area (TPSA) is 52.5 Å². The molecule has 3 aromatic rings. The Hall–Kier alpha value is -3.65. The van der Waals surface area contributed by atoms with Gasteiger partial charge >= 0.3 is 0 Å². The molecule has 136 valence electrons. The van der Waals surface area contributed by atoms with Crippen LogP contribution in [0.5, 0.6) is 11.5 Å². The monoisotopic (exact) mass is 360 g/mol. The maximum atomic E-state index is 12.1. The van der Waals surface area contributed by atoms with Crippen LogP contribution < -0.4 is 14.8 Å². The molecule has 3 rings (SSSR count). The zero-order chi connectivity index (χ0) is 18.9. The first kappa shape index (κ1) is 18.2. The Morgan fingerprint density at radius 3 is 2.37 bits per heavy atom. The molecule has 0 spiro atoms. The Kier molecular flexibility index (Phi) is 6.16. The maximum Gasteiger partial charge on any atom is 0.252 e. The van der Waals surface area contributed by atoms with Gasteiger partial charge in [-0.2, -0.15) is 0 Å². The van der Waals surface area contributed by atoms with Crippen molar-refractivity contribution >= 4 is 5.91 Å². The Morgan fingerprint density at radius 1 is 0.963 bits per heavy atom. The van der Waals surface area contributed by atoms with E-state index in [4.69, 9.17) is 9.47 Å². The highest BCUT2D eigenvalue weighted by Crippen LogP contribution is 2.25.